The van der Waals surface area contributed by atoms with E-state index in [2.05, 4.69) is 10.2 Å². The molecule has 138 valence electrons. The molecule has 0 spiro atoms. The Labute approximate surface area is 150 Å². The highest BCUT2D eigenvalue weighted by Gasteiger charge is 2.26. The van der Waals surface area contributed by atoms with Gasteiger partial charge in [-0.3, -0.25) is 10.1 Å². The van der Waals surface area contributed by atoms with Gasteiger partial charge in [0, 0.05) is 12.6 Å². The highest BCUT2D eigenvalue weighted by Crippen LogP contribution is 2.26. The largest absolute Gasteiger partial charge is 0.368 e. The van der Waals surface area contributed by atoms with Gasteiger partial charge in [0.25, 0.3) is 0 Å². The smallest absolute Gasteiger partial charge is 0.239 e. The number of likely N-dealkylation sites (tertiary alicyclic amines) is 1. The summed E-state index contributed by atoms with van der Waals surface area (Å²) >= 11 is 0. The molecule has 1 aliphatic carbocycles. The van der Waals surface area contributed by atoms with Gasteiger partial charge in [-0.05, 0) is 62.4 Å². The van der Waals surface area contributed by atoms with Crippen LogP contribution < -0.4 is 11.1 Å². The summed E-state index contributed by atoms with van der Waals surface area (Å²) in [6, 6.07) is 5.76. The fourth-order valence-electron chi connectivity index (χ4n) is 4.25. The molecule has 0 bridgehead atoms. The number of amides is 1. The topological polar surface area (TPSA) is 58.4 Å². The standard InChI is InChI=1S/C20H30FN3O/c21-17-8-6-16(7-9-17)19(20(22)25)23-18-10-12-24(13-11-18)14-15-4-2-1-3-5-15/h6-9,15,18-19,23H,1-5,10-14H2,(H2,22,25)/t19-/m0/s1. The predicted octanol–water partition coefficient (Wildman–Crippen LogP) is 2.99. The second kappa shape index (κ2) is 8.77. The Morgan fingerprint density at radius 1 is 1.12 bits per heavy atom. The van der Waals surface area contributed by atoms with Crippen molar-refractivity contribution in [1.82, 2.24) is 10.2 Å². The van der Waals surface area contributed by atoms with Crippen LogP contribution in [0.2, 0.25) is 0 Å². The van der Waals surface area contributed by atoms with Gasteiger partial charge in [0.05, 0.1) is 0 Å². The molecular formula is C20H30FN3O. The van der Waals surface area contributed by atoms with E-state index in [0.717, 1.165) is 37.4 Å². The third kappa shape index (κ3) is 5.25. The first-order chi connectivity index (χ1) is 12.1. The Morgan fingerprint density at radius 3 is 2.36 bits per heavy atom. The van der Waals surface area contributed by atoms with E-state index in [-0.39, 0.29) is 11.9 Å². The Morgan fingerprint density at radius 2 is 1.76 bits per heavy atom. The SMILES string of the molecule is NC(=O)[C@@H](NC1CCN(CC2CCCCC2)CC1)c1ccc(F)cc1. The molecule has 2 fully saturated rings. The normalized spacial score (nSPS) is 22.0. The van der Waals surface area contributed by atoms with E-state index >= 15 is 0 Å². The average Bonchev–Trinajstić information content (AvgIpc) is 2.63. The second-order valence-electron chi connectivity index (χ2n) is 7.63. The zero-order valence-electron chi connectivity index (χ0n) is 14.9. The van der Waals surface area contributed by atoms with Crippen LogP contribution in [-0.4, -0.2) is 36.5 Å². The molecule has 1 aromatic carbocycles. The minimum Gasteiger partial charge on any atom is -0.368 e. The highest BCUT2D eigenvalue weighted by atomic mass is 19.1. The van der Waals surface area contributed by atoms with Crippen molar-refractivity contribution < 1.29 is 9.18 Å². The van der Waals surface area contributed by atoms with Crippen LogP contribution in [0.4, 0.5) is 4.39 Å². The van der Waals surface area contributed by atoms with Crippen molar-refractivity contribution in [3.63, 3.8) is 0 Å². The van der Waals surface area contributed by atoms with Gasteiger partial charge in [-0.25, -0.2) is 4.39 Å². The first-order valence-electron chi connectivity index (χ1n) is 9.65. The summed E-state index contributed by atoms with van der Waals surface area (Å²) in [5.74, 6) is 0.162. The van der Waals surface area contributed by atoms with Crippen LogP contribution in [0.5, 0.6) is 0 Å². The van der Waals surface area contributed by atoms with Gasteiger partial charge >= 0.3 is 0 Å². The van der Waals surface area contributed by atoms with Gasteiger partial charge < -0.3 is 10.6 Å². The van der Waals surface area contributed by atoms with E-state index in [1.54, 1.807) is 12.1 Å². The predicted molar refractivity (Wildman–Crippen MR) is 97.5 cm³/mol. The molecule has 1 heterocycles. The highest BCUT2D eigenvalue weighted by molar-refractivity contribution is 5.81. The monoisotopic (exact) mass is 347 g/mol. The molecule has 25 heavy (non-hydrogen) atoms. The number of primary amides is 1. The number of benzene rings is 1. The van der Waals surface area contributed by atoms with Gasteiger partial charge in [-0.1, -0.05) is 31.4 Å². The second-order valence-corrected chi connectivity index (χ2v) is 7.63. The van der Waals surface area contributed by atoms with Gasteiger partial charge in [-0.2, -0.15) is 0 Å². The van der Waals surface area contributed by atoms with Crippen LogP contribution in [0, 0.1) is 11.7 Å². The molecule has 1 aromatic rings. The van der Waals surface area contributed by atoms with Crippen molar-refractivity contribution in [2.45, 2.75) is 57.0 Å². The molecule has 1 saturated carbocycles. The van der Waals surface area contributed by atoms with E-state index in [9.17, 15) is 9.18 Å². The molecule has 0 unspecified atom stereocenters. The van der Waals surface area contributed by atoms with Crippen LogP contribution in [0.15, 0.2) is 24.3 Å². The lowest BCUT2D eigenvalue weighted by Gasteiger charge is -2.36. The number of nitrogens with zero attached hydrogens (tertiary/aromatic N) is 1. The Kier molecular flexibility index (Phi) is 6.43. The van der Waals surface area contributed by atoms with Crippen molar-refractivity contribution in [2.24, 2.45) is 11.7 Å². The zero-order chi connectivity index (χ0) is 17.6. The van der Waals surface area contributed by atoms with Crippen molar-refractivity contribution in [3.05, 3.63) is 35.6 Å². The van der Waals surface area contributed by atoms with E-state index in [0.29, 0.717) is 0 Å². The Balaban J connectivity index is 1.49. The number of nitrogens with one attached hydrogen (secondary N) is 1. The molecule has 4 nitrogen and oxygen atoms in total. The molecule has 0 radical (unpaired) electrons. The van der Waals surface area contributed by atoms with Crippen molar-refractivity contribution in [2.75, 3.05) is 19.6 Å². The minimum absolute atomic E-state index is 0.283. The zero-order valence-corrected chi connectivity index (χ0v) is 14.9. The summed E-state index contributed by atoms with van der Waals surface area (Å²) in [5.41, 5.74) is 6.30. The van der Waals surface area contributed by atoms with E-state index in [1.165, 1.54) is 50.8 Å². The lowest BCUT2D eigenvalue weighted by molar-refractivity contribution is -0.120. The van der Waals surface area contributed by atoms with Crippen molar-refractivity contribution in [3.8, 4) is 0 Å². The number of rotatable bonds is 6. The molecule has 5 heteroatoms. The summed E-state index contributed by atoms with van der Waals surface area (Å²) in [6.07, 6.45) is 9.00. The number of carbonyl (C=O) groups is 1. The maximum absolute atomic E-state index is 13.1. The third-order valence-corrected chi connectivity index (χ3v) is 5.72. The molecule has 2 aliphatic rings. The van der Waals surface area contributed by atoms with Crippen molar-refractivity contribution >= 4 is 5.91 Å². The maximum atomic E-state index is 13.1. The lowest BCUT2D eigenvalue weighted by atomic mass is 9.88. The van der Waals surface area contributed by atoms with Crippen LogP contribution in [0.25, 0.3) is 0 Å². The number of hydrogen-bond acceptors (Lipinski definition) is 3. The molecule has 1 amide bonds. The van der Waals surface area contributed by atoms with E-state index < -0.39 is 11.9 Å². The van der Waals surface area contributed by atoms with Gasteiger partial charge in [0.1, 0.15) is 11.9 Å². The number of hydrogen-bond donors (Lipinski definition) is 2. The van der Waals surface area contributed by atoms with Crippen LogP contribution >= 0.6 is 0 Å². The van der Waals surface area contributed by atoms with E-state index in [1.807, 2.05) is 0 Å². The third-order valence-electron chi connectivity index (χ3n) is 5.72. The van der Waals surface area contributed by atoms with Crippen LogP contribution in [0.1, 0.15) is 56.6 Å². The average molecular weight is 347 g/mol. The summed E-state index contributed by atoms with van der Waals surface area (Å²) < 4.78 is 13.1. The molecule has 1 atom stereocenters. The van der Waals surface area contributed by atoms with E-state index in [4.69, 9.17) is 5.73 Å². The summed E-state index contributed by atoms with van der Waals surface area (Å²) in [6.45, 7) is 3.37. The van der Waals surface area contributed by atoms with Crippen LogP contribution in [0.3, 0.4) is 0 Å². The summed E-state index contributed by atoms with van der Waals surface area (Å²) in [7, 11) is 0. The Hall–Kier alpha value is -1.46. The fraction of sp³-hybridized carbons (Fsp3) is 0.650. The summed E-state index contributed by atoms with van der Waals surface area (Å²) in [5, 5.41) is 3.39. The minimum atomic E-state index is -0.546. The maximum Gasteiger partial charge on any atom is 0.239 e. The van der Waals surface area contributed by atoms with Gasteiger partial charge in [0.15, 0.2) is 0 Å². The number of carbonyl (C=O) groups excluding carboxylic acids is 1. The lowest BCUT2D eigenvalue weighted by Crippen LogP contribution is -2.47. The molecule has 1 aliphatic heterocycles. The first kappa shape index (κ1) is 18.3. The first-order valence-corrected chi connectivity index (χ1v) is 9.65. The molecule has 3 N–H and O–H groups in total. The molecule has 0 aromatic heterocycles. The van der Waals surface area contributed by atoms with Gasteiger partial charge in [-0.15, -0.1) is 0 Å². The quantitative estimate of drug-likeness (QED) is 0.832. The fourth-order valence-corrected chi connectivity index (χ4v) is 4.25. The number of nitrogens with two attached hydrogens (primary N) is 1. The number of halogens is 1. The number of piperidine rings is 1. The summed E-state index contributed by atoms with van der Waals surface area (Å²) in [4.78, 5) is 14.4. The van der Waals surface area contributed by atoms with Gasteiger partial charge in [0.2, 0.25) is 5.91 Å². The van der Waals surface area contributed by atoms with Crippen molar-refractivity contribution in [1.29, 1.82) is 0 Å². The van der Waals surface area contributed by atoms with Crippen LogP contribution in [-0.2, 0) is 4.79 Å². The molecular weight excluding hydrogens is 317 g/mol. The molecule has 3 rings (SSSR count). The molecule has 1 saturated heterocycles. The Bertz CT molecular complexity index is 549.